The van der Waals surface area contributed by atoms with Crippen molar-refractivity contribution >= 4 is 34.4 Å². The normalized spacial score (nSPS) is 14.0. The fourth-order valence-corrected chi connectivity index (χ4v) is 4.01. The van der Waals surface area contributed by atoms with Crippen LogP contribution in [0.1, 0.15) is 17.5 Å². The minimum absolute atomic E-state index is 0.0492. The molecule has 0 heterocycles. The molecule has 0 spiro atoms. The van der Waals surface area contributed by atoms with Crippen LogP contribution in [0.25, 0.3) is 0 Å². The second kappa shape index (κ2) is 14.7. The van der Waals surface area contributed by atoms with E-state index >= 15 is 0 Å². The molecule has 0 radical (unpaired) electrons. The molecule has 2 rings (SSSR count). The molecule has 0 aliphatic rings. The zero-order valence-corrected chi connectivity index (χ0v) is 21.3. The van der Waals surface area contributed by atoms with Gasteiger partial charge in [-0.25, -0.2) is 0 Å². The predicted molar refractivity (Wildman–Crippen MR) is 140 cm³/mol. The Labute approximate surface area is 217 Å². The molecule has 0 aromatic heterocycles. The van der Waals surface area contributed by atoms with Gasteiger partial charge in [0.05, 0.1) is 12.6 Å². The molecule has 0 saturated carbocycles. The van der Waals surface area contributed by atoms with E-state index in [1.165, 1.54) is 18.4 Å². The molecule has 12 heteroatoms. The maximum absolute atomic E-state index is 13.2. The van der Waals surface area contributed by atoms with Crippen molar-refractivity contribution in [2.45, 2.75) is 37.4 Å². The molecule has 0 fully saturated rings. The number of hydrogen-bond acceptors (Lipinski definition) is 7. The molecule has 8 N–H and O–H groups in total. The quantitative estimate of drug-likeness (QED) is 0.177. The number of phenolic OH excluding ortho intramolecular Hbond substituents is 1. The molecule has 0 bridgehead atoms. The lowest BCUT2D eigenvalue weighted by atomic mass is 10.0. The van der Waals surface area contributed by atoms with Gasteiger partial charge in [0.1, 0.15) is 17.8 Å². The van der Waals surface area contributed by atoms with Crippen LogP contribution in [0.5, 0.6) is 5.75 Å². The molecule has 11 nitrogen and oxygen atoms in total. The Morgan fingerprint density at radius 2 is 1.46 bits per heavy atom. The molecule has 0 aliphatic carbocycles. The Morgan fingerprint density at radius 3 is 2.05 bits per heavy atom. The van der Waals surface area contributed by atoms with Crippen LogP contribution < -0.4 is 27.4 Å². The van der Waals surface area contributed by atoms with E-state index in [4.69, 9.17) is 11.5 Å². The third-order valence-electron chi connectivity index (χ3n) is 5.41. The lowest BCUT2D eigenvalue weighted by Gasteiger charge is -2.24. The van der Waals surface area contributed by atoms with Crippen LogP contribution in [0.2, 0.25) is 0 Å². The van der Waals surface area contributed by atoms with Crippen molar-refractivity contribution < 1.29 is 28.5 Å². The van der Waals surface area contributed by atoms with Gasteiger partial charge in [-0.1, -0.05) is 42.5 Å². The fraction of sp³-hybridized carbons (Fsp3) is 0.360. The maximum atomic E-state index is 13.2. The van der Waals surface area contributed by atoms with Crippen molar-refractivity contribution in [1.29, 1.82) is 0 Å². The number of carbonyl (C=O) groups excluding carboxylic acids is 4. The highest BCUT2D eigenvalue weighted by Gasteiger charge is 2.28. The highest BCUT2D eigenvalue weighted by Crippen LogP contribution is 2.11. The number of hydrogen-bond donors (Lipinski definition) is 6. The first kappa shape index (κ1) is 29.5. The zero-order chi connectivity index (χ0) is 27.4. The number of amides is 4. The summed E-state index contributed by atoms with van der Waals surface area (Å²) in [5.74, 6) is -2.42. The van der Waals surface area contributed by atoms with Gasteiger partial charge in [-0.2, -0.15) is 0 Å². The lowest BCUT2D eigenvalue weighted by Crippen LogP contribution is -2.57. The molecule has 0 saturated heterocycles. The van der Waals surface area contributed by atoms with Crippen molar-refractivity contribution in [2.75, 3.05) is 18.6 Å². The number of nitrogens with one attached hydrogen (secondary N) is 3. The van der Waals surface area contributed by atoms with Gasteiger partial charge in [0.2, 0.25) is 23.6 Å². The van der Waals surface area contributed by atoms with Crippen molar-refractivity contribution in [3.05, 3.63) is 65.7 Å². The van der Waals surface area contributed by atoms with Crippen LogP contribution >= 0.6 is 0 Å². The maximum Gasteiger partial charge on any atom is 0.243 e. The molecular formula is C25H33N5O6S. The summed E-state index contributed by atoms with van der Waals surface area (Å²) in [5, 5.41) is 17.0. The topological polar surface area (TPSA) is 194 Å². The number of aromatic hydroxyl groups is 1. The van der Waals surface area contributed by atoms with Crippen molar-refractivity contribution in [1.82, 2.24) is 16.0 Å². The molecule has 0 aliphatic heterocycles. The van der Waals surface area contributed by atoms with Crippen LogP contribution in [0.4, 0.5) is 0 Å². The molecule has 200 valence electrons. The van der Waals surface area contributed by atoms with E-state index in [1.54, 1.807) is 36.4 Å². The summed E-state index contributed by atoms with van der Waals surface area (Å²) in [5.41, 5.74) is 12.6. The Hall–Kier alpha value is -3.77. The second-order valence-corrected chi connectivity index (χ2v) is 10.1. The van der Waals surface area contributed by atoms with Crippen molar-refractivity contribution in [3.63, 3.8) is 0 Å². The van der Waals surface area contributed by atoms with E-state index in [0.717, 1.165) is 5.56 Å². The third-order valence-corrected chi connectivity index (χ3v) is 6.22. The van der Waals surface area contributed by atoms with Crippen molar-refractivity contribution in [2.24, 2.45) is 11.5 Å². The van der Waals surface area contributed by atoms with Gasteiger partial charge < -0.3 is 32.5 Å². The zero-order valence-electron chi connectivity index (χ0n) is 20.5. The van der Waals surface area contributed by atoms with Crippen LogP contribution in [-0.2, 0) is 42.8 Å². The number of nitrogens with two attached hydrogens (primary N) is 2. The highest BCUT2D eigenvalue weighted by molar-refractivity contribution is 7.84. The summed E-state index contributed by atoms with van der Waals surface area (Å²) in [6, 6.07) is 12.0. The first-order chi connectivity index (χ1) is 17.5. The van der Waals surface area contributed by atoms with Crippen LogP contribution in [-0.4, -0.2) is 69.6 Å². The van der Waals surface area contributed by atoms with Gasteiger partial charge in [-0.15, -0.1) is 0 Å². The number of phenols is 1. The van der Waals surface area contributed by atoms with Gasteiger partial charge in [-0.3, -0.25) is 23.4 Å². The SMILES string of the molecule is CS(=O)CC[C@@H](NC(=O)[C@@H](N)Cc1ccc(O)cc1)C(=O)N[C@@H](Cc1ccccc1)C(=O)NCC(N)=O. The van der Waals surface area contributed by atoms with E-state index in [2.05, 4.69) is 16.0 Å². The Kier molecular flexibility index (Phi) is 11.7. The summed E-state index contributed by atoms with van der Waals surface area (Å²) in [7, 11) is -1.24. The minimum atomic E-state index is -1.24. The minimum Gasteiger partial charge on any atom is -0.508 e. The summed E-state index contributed by atoms with van der Waals surface area (Å²) >= 11 is 0. The average molecular weight is 532 g/mol. The molecule has 4 amide bonds. The Bertz CT molecular complexity index is 1100. The Balaban J connectivity index is 2.14. The number of rotatable bonds is 14. The Morgan fingerprint density at radius 1 is 0.865 bits per heavy atom. The highest BCUT2D eigenvalue weighted by atomic mass is 32.2. The fourth-order valence-electron chi connectivity index (χ4n) is 3.44. The van der Waals surface area contributed by atoms with E-state index in [-0.39, 0.29) is 30.8 Å². The predicted octanol–water partition coefficient (Wildman–Crippen LogP) is -1.16. The molecular weight excluding hydrogens is 498 g/mol. The van der Waals surface area contributed by atoms with E-state index in [0.29, 0.717) is 5.56 Å². The largest absolute Gasteiger partial charge is 0.508 e. The average Bonchev–Trinajstić information content (AvgIpc) is 2.86. The van der Waals surface area contributed by atoms with E-state index < -0.39 is 59.1 Å². The van der Waals surface area contributed by atoms with Gasteiger partial charge in [0, 0.05) is 29.2 Å². The second-order valence-electron chi connectivity index (χ2n) is 8.54. The summed E-state index contributed by atoms with van der Waals surface area (Å²) < 4.78 is 11.7. The first-order valence-electron chi connectivity index (χ1n) is 11.6. The summed E-state index contributed by atoms with van der Waals surface area (Å²) in [4.78, 5) is 49.8. The van der Waals surface area contributed by atoms with E-state index in [9.17, 15) is 28.5 Å². The molecule has 37 heavy (non-hydrogen) atoms. The number of carbonyl (C=O) groups is 4. The molecule has 2 aromatic carbocycles. The number of benzene rings is 2. The van der Waals surface area contributed by atoms with Gasteiger partial charge in [0.25, 0.3) is 0 Å². The smallest absolute Gasteiger partial charge is 0.243 e. The summed E-state index contributed by atoms with van der Waals surface area (Å²) in [6.07, 6.45) is 1.81. The monoisotopic (exact) mass is 531 g/mol. The first-order valence-corrected chi connectivity index (χ1v) is 13.3. The summed E-state index contributed by atoms with van der Waals surface area (Å²) in [6.45, 7) is -0.402. The molecule has 2 aromatic rings. The lowest BCUT2D eigenvalue weighted by molar-refractivity contribution is -0.132. The van der Waals surface area contributed by atoms with Gasteiger partial charge in [0.15, 0.2) is 0 Å². The molecule has 1 unspecified atom stereocenters. The van der Waals surface area contributed by atoms with Crippen LogP contribution in [0, 0.1) is 0 Å². The molecule has 4 atom stereocenters. The van der Waals surface area contributed by atoms with Crippen molar-refractivity contribution in [3.8, 4) is 5.75 Å². The van der Waals surface area contributed by atoms with Crippen LogP contribution in [0.15, 0.2) is 54.6 Å². The van der Waals surface area contributed by atoms with Crippen LogP contribution in [0.3, 0.4) is 0 Å². The third kappa shape index (κ3) is 10.8. The van der Waals surface area contributed by atoms with Gasteiger partial charge in [-0.05, 0) is 36.1 Å². The van der Waals surface area contributed by atoms with Gasteiger partial charge >= 0.3 is 0 Å². The van der Waals surface area contributed by atoms with E-state index in [1.807, 2.05) is 6.07 Å². The standard InChI is InChI=1S/C25H33N5O6S/c1-37(36)12-11-20(29-23(33)19(26)13-17-7-9-18(31)10-8-17)25(35)30-21(24(34)28-15-22(27)32)14-16-5-3-2-4-6-16/h2-10,19-21,31H,11-15,26H2,1H3,(H2,27,32)(H,28,34)(H,29,33)(H,30,35)/t19-,20+,21-,37?/m0/s1. The number of primary amides is 1.